The molecule has 0 saturated carbocycles. The number of amides is 1. The van der Waals surface area contributed by atoms with E-state index in [-0.39, 0.29) is 11.9 Å². The van der Waals surface area contributed by atoms with Gasteiger partial charge < -0.3 is 4.90 Å². The van der Waals surface area contributed by atoms with Crippen molar-refractivity contribution in [1.82, 2.24) is 4.90 Å². The molecule has 1 aromatic rings. The van der Waals surface area contributed by atoms with Gasteiger partial charge in [-0.25, -0.2) is 0 Å². The van der Waals surface area contributed by atoms with Gasteiger partial charge in [0.15, 0.2) is 0 Å². The smallest absolute Gasteiger partial charge is 0.264 e. The van der Waals surface area contributed by atoms with Crippen molar-refractivity contribution in [3.8, 4) is 6.07 Å². The minimum absolute atomic E-state index is 0.0384. The quantitative estimate of drug-likeness (QED) is 0.824. The van der Waals surface area contributed by atoms with Crippen LogP contribution >= 0.6 is 11.3 Å². The lowest BCUT2D eigenvalue weighted by molar-refractivity contribution is 0.0715. The second-order valence-corrected chi connectivity index (χ2v) is 5.61. The highest BCUT2D eigenvalue weighted by molar-refractivity contribution is 7.14. The Morgan fingerprint density at radius 2 is 2.18 bits per heavy atom. The first kappa shape index (κ1) is 13.7. The number of rotatable bonds is 4. The Morgan fingerprint density at radius 3 is 2.59 bits per heavy atom. The van der Waals surface area contributed by atoms with Crippen molar-refractivity contribution in [2.75, 3.05) is 6.54 Å². The standard InChI is InChI=1S/C13H18N2OS/c1-9(2)15(7-5-6-14)13(16)12-8-10(3)11(4)17-12/h8-9H,5,7H2,1-4H3. The molecule has 1 aromatic heterocycles. The van der Waals surface area contributed by atoms with Crippen molar-refractivity contribution in [3.05, 3.63) is 21.4 Å². The zero-order chi connectivity index (χ0) is 13.0. The summed E-state index contributed by atoms with van der Waals surface area (Å²) < 4.78 is 0. The highest BCUT2D eigenvalue weighted by atomic mass is 32.1. The monoisotopic (exact) mass is 250 g/mol. The molecular formula is C13H18N2OS. The highest BCUT2D eigenvalue weighted by Gasteiger charge is 2.20. The topological polar surface area (TPSA) is 44.1 Å². The molecular weight excluding hydrogens is 232 g/mol. The van der Waals surface area contributed by atoms with Crippen molar-refractivity contribution < 1.29 is 4.79 Å². The van der Waals surface area contributed by atoms with E-state index < -0.39 is 0 Å². The molecule has 0 fully saturated rings. The maximum Gasteiger partial charge on any atom is 0.264 e. The molecule has 0 aromatic carbocycles. The van der Waals surface area contributed by atoms with Crippen LogP contribution in [-0.4, -0.2) is 23.4 Å². The van der Waals surface area contributed by atoms with E-state index in [0.717, 1.165) is 10.4 Å². The lowest BCUT2D eigenvalue weighted by atomic mass is 10.2. The van der Waals surface area contributed by atoms with Gasteiger partial charge in [-0.05, 0) is 39.3 Å². The Kier molecular flexibility index (Phi) is 4.71. The van der Waals surface area contributed by atoms with Crippen LogP contribution in [0.4, 0.5) is 0 Å². The van der Waals surface area contributed by atoms with Gasteiger partial charge in [0.1, 0.15) is 0 Å². The second kappa shape index (κ2) is 5.83. The van der Waals surface area contributed by atoms with Crippen molar-refractivity contribution >= 4 is 17.2 Å². The molecule has 0 atom stereocenters. The zero-order valence-corrected chi connectivity index (χ0v) is 11.6. The molecule has 0 radical (unpaired) electrons. The van der Waals surface area contributed by atoms with Gasteiger partial charge in [0.25, 0.3) is 5.91 Å². The molecule has 0 N–H and O–H groups in total. The molecule has 0 saturated heterocycles. The van der Waals surface area contributed by atoms with Crippen LogP contribution in [0.2, 0.25) is 0 Å². The molecule has 0 bridgehead atoms. The van der Waals surface area contributed by atoms with Gasteiger partial charge in [-0.3, -0.25) is 4.79 Å². The first-order valence-electron chi connectivity index (χ1n) is 5.72. The fourth-order valence-corrected chi connectivity index (χ4v) is 2.57. The van der Waals surface area contributed by atoms with Crippen LogP contribution in [0.15, 0.2) is 6.07 Å². The fraction of sp³-hybridized carbons (Fsp3) is 0.538. The number of hydrogen-bond donors (Lipinski definition) is 0. The third-order valence-corrected chi connectivity index (χ3v) is 3.87. The average molecular weight is 250 g/mol. The van der Waals surface area contributed by atoms with Crippen LogP contribution in [0.25, 0.3) is 0 Å². The summed E-state index contributed by atoms with van der Waals surface area (Å²) in [6.07, 6.45) is 0.382. The number of hydrogen-bond acceptors (Lipinski definition) is 3. The van der Waals surface area contributed by atoms with Crippen LogP contribution in [0, 0.1) is 25.2 Å². The maximum absolute atomic E-state index is 12.3. The SMILES string of the molecule is Cc1cc(C(=O)N(CCC#N)C(C)C)sc1C. The summed E-state index contributed by atoms with van der Waals surface area (Å²) in [5.41, 5.74) is 1.15. The predicted molar refractivity (Wildman–Crippen MR) is 70.2 cm³/mol. The van der Waals surface area contributed by atoms with Gasteiger partial charge in [-0.2, -0.15) is 5.26 Å². The molecule has 1 amide bonds. The molecule has 92 valence electrons. The Bertz CT molecular complexity index is 423. The normalized spacial score (nSPS) is 10.4. The van der Waals surface area contributed by atoms with E-state index in [9.17, 15) is 4.79 Å². The molecule has 0 aliphatic carbocycles. The summed E-state index contributed by atoms with van der Waals surface area (Å²) in [4.78, 5) is 16.0. The molecule has 4 heteroatoms. The van der Waals surface area contributed by atoms with E-state index in [1.165, 1.54) is 16.2 Å². The average Bonchev–Trinajstić information content (AvgIpc) is 2.59. The molecule has 3 nitrogen and oxygen atoms in total. The number of nitrogens with zero attached hydrogens (tertiary/aromatic N) is 2. The van der Waals surface area contributed by atoms with Gasteiger partial charge in [0.2, 0.25) is 0 Å². The van der Waals surface area contributed by atoms with Gasteiger partial charge in [0, 0.05) is 17.5 Å². The second-order valence-electron chi connectivity index (χ2n) is 4.35. The third kappa shape index (κ3) is 3.31. The predicted octanol–water partition coefficient (Wildman–Crippen LogP) is 3.13. The van der Waals surface area contributed by atoms with Gasteiger partial charge in [-0.15, -0.1) is 11.3 Å². The lowest BCUT2D eigenvalue weighted by Gasteiger charge is -2.25. The molecule has 1 heterocycles. The number of carbonyl (C=O) groups excluding carboxylic acids is 1. The molecule has 0 aliphatic heterocycles. The molecule has 0 aliphatic rings. The van der Waals surface area contributed by atoms with E-state index in [4.69, 9.17) is 5.26 Å². The number of thiophene rings is 1. The summed E-state index contributed by atoms with van der Waals surface area (Å²) in [6, 6.07) is 4.14. The van der Waals surface area contributed by atoms with E-state index in [1.807, 2.05) is 33.8 Å². The zero-order valence-electron chi connectivity index (χ0n) is 10.8. The van der Waals surface area contributed by atoms with Crippen LogP contribution < -0.4 is 0 Å². The summed E-state index contributed by atoms with van der Waals surface area (Å²) in [6.45, 7) is 8.48. The summed E-state index contributed by atoms with van der Waals surface area (Å²) in [7, 11) is 0. The van der Waals surface area contributed by atoms with E-state index in [1.54, 1.807) is 4.90 Å². The molecule has 1 rings (SSSR count). The Hall–Kier alpha value is -1.34. The van der Waals surface area contributed by atoms with Gasteiger partial charge >= 0.3 is 0 Å². The van der Waals surface area contributed by atoms with Crippen LogP contribution in [0.5, 0.6) is 0 Å². The molecule has 0 unspecified atom stereocenters. The van der Waals surface area contributed by atoms with E-state index in [0.29, 0.717) is 13.0 Å². The van der Waals surface area contributed by atoms with Crippen molar-refractivity contribution in [2.24, 2.45) is 0 Å². The molecule has 17 heavy (non-hydrogen) atoms. The third-order valence-electron chi connectivity index (χ3n) is 2.73. The Labute approximate surface area is 107 Å². The van der Waals surface area contributed by atoms with Crippen LogP contribution in [0.1, 0.15) is 40.4 Å². The van der Waals surface area contributed by atoms with Crippen LogP contribution in [-0.2, 0) is 0 Å². The summed E-state index contributed by atoms with van der Waals surface area (Å²) in [5, 5.41) is 8.61. The van der Waals surface area contributed by atoms with E-state index in [2.05, 4.69) is 6.07 Å². The van der Waals surface area contributed by atoms with Gasteiger partial charge in [-0.1, -0.05) is 0 Å². The summed E-state index contributed by atoms with van der Waals surface area (Å²) in [5.74, 6) is 0.0384. The number of aryl methyl sites for hydroxylation is 2. The Morgan fingerprint density at radius 1 is 1.53 bits per heavy atom. The highest BCUT2D eigenvalue weighted by Crippen LogP contribution is 2.22. The summed E-state index contributed by atoms with van der Waals surface area (Å²) >= 11 is 1.53. The first-order chi connectivity index (χ1) is 7.97. The van der Waals surface area contributed by atoms with Crippen LogP contribution in [0.3, 0.4) is 0 Å². The van der Waals surface area contributed by atoms with Crippen molar-refractivity contribution in [2.45, 2.75) is 40.2 Å². The number of carbonyl (C=O) groups is 1. The maximum atomic E-state index is 12.3. The number of nitriles is 1. The van der Waals surface area contributed by atoms with Crippen molar-refractivity contribution in [3.63, 3.8) is 0 Å². The lowest BCUT2D eigenvalue weighted by Crippen LogP contribution is -2.37. The minimum atomic E-state index is 0.0384. The van der Waals surface area contributed by atoms with Gasteiger partial charge in [0.05, 0.1) is 17.4 Å². The van der Waals surface area contributed by atoms with E-state index >= 15 is 0 Å². The Balaban J connectivity index is 2.88. The molecule has 0 spiro atoms. The minimum Gasteiger partial charge on any atom is -0.334 e. The first-order valence-corrected chi connectivity index (χ1v) is 6.54. The van der Waals surface area contributed by atoms with Crippen molar-refractivity contribution in [1.29, 1.82) is 5.26 Å². The fourth-order valence-electron chi connectivity index (χ4n) is 1.58. The largest absolute Gasteiger partial charge is 0.334 e.